The first kappa shape index (κ1) is 13.1. The summed E-state index contributed by atoms with van der Waals surface area (Å²) in [5, 5.41) is 0. The first-order valence-corrected chi connectivity index (χ1v) is 6.81. The van der Waals surface area contributed by atoms with E-state index < -0.39 is 8.72 Å². The van der Waals surface area contributed by atoms with Crippen molar-refractivity contribution in [3.05, 3.63) is 0 Å². The molecule has 0 aromatic heterocycles. The summed E-state index contributed by atoms with van der Waals surface area (Å²) in [6, 6.07) is 0.983. The van der Waals surface area contributed by atoms with Crippen molar-refractivity contribution in [2.45, 2.75) is 45.7 Å². The van der Waals surface area contributed by atoms with Gasteiger partial charge in [0.15, 0.2) is 0 Å². The Hall–Kier alpha value is 0.0969. The van der Waals surface area contributed by atoms with Crippen LogP contribution in [0.25, 0.3) is 0 Å². The van der Waals surface area contributed by atoms with E-state index in [1.807, 2.05) is 0 Å². The van der Waals surface area contributed by atoms with E-state index in [4.69, 9.17) is 8.85 Å². The SMILES string of the molecule is CCC[Si](NC(C)(C)C)(OC)OC. The molecule has 0 bridgehead atoms. The van der Waals surface area contributed by atoms with Crippen molar-refractivity contribution in [1.29, 1.82) is 0 Å². The van der Waals surface area contributed by atoms with Gasteiger partial charge in [-0.15, -0.1) is 0 Å². The fourth-order valence-corrected chi connectivity index (χ4v) is 4.06. The minimum atomic E-state index is -2.13. The number of nitrogens with one attached hydrogen (secondary N) is 1. The monoisotopic (exact) mass is 205 g/mol. The van der Waals surface area contributed by atoms with Gasteiger partial charge in [-0.25, -0.2) is 0 Å². The molecular formula is C9H23NO2Si. The molecule has 0 atom stereocenters. The molecule has 0 aromatic rings. The zero-order chi connectivity index (χ0) is 10.5. The Morgan fingerprint density at radius 2 is 1.62 bits per heavy atom. The maximum atomic E-state index is 5.51. The number of hydrogen-bond acceptors (Lipinski definition) is 3. The van der Waals surface area contributed by atoms with Crippen LogP contribution >= 0.6 is 0 Å². The summed E-state index contributed by atoms with van der Waals surface area (Å²) in [6.45, 7) is 8.53. The maximum Gasteiger partial charge on any atom is 0.424 e. The maximum absolute atomic E-state index is 5.51. The van der Waals surface area contributed by atoms with Gasteiger partial charge in [0, 0.05) is 25.8 Å². The van der Waals surface area contributed by atoms with E-state index in [2.05, 4.69) is 32.7 Å². The number of rotatable bonds is 5. The highest BCUT2D eigenvalue weighted by Gasteiger charge is 2.38. The Labute approximate surface area is 83.1 Å². The van der Waals surface area contributed by atoms with Gasteiger partial charge in [-0.1, -0.05) is 13.3 Å². The molecule has 0 saturated carbocycles. The Morgan fingerprint density at radius 1 is 1.15 bits per heavy atom. The van der Waals surface area contributed by atoms with Crippen LogP contribution in [0.15, 0.2) is 0 Å². The summed E-state index contributed by atoms with van der Waals surface area (Å²) in [5.41, 5.74) is 0.0490. The molecule has 0 rings (SSSR count). The molecule has 0 heterocycles. The van der Waals surface area contributed by atoms with E-state index in [9.17, 15) is 0 Å². The van der Waals surface area contributed by atoms with Crippen molar-refractivity contribution in [1.82, 2.24) is 4.98 Å². The lowest BCUT2D eigenvalue weighted by molar-refractivity contribution is 0.211. The molecule has 0 aliphatic heterocycles. The van der Waals surface area contributed by atoms with Gasteiger partial charge < -0.3 is 8.85 Å². The van der Waals surface area contributed by atoms with Crippen molar-refractivity contribution >= 4 is 8.72 Å². The molecule has 4 heteroatoms. The molecule has 80 valence electrons. The standard InChI is InChI=1S/C9H23NO2Si/c1-7-8-13(11-5,12-6)10-9(2,3)4/h10H,7-8H2,1-6H3. The van der Waals surface area contributed by atoms with Gasteiger partial charge in [-0.3, -0.25) is 4.98 Å². The predicted octanol–water partition coefficient (Wildman–Crippen LogP) is 2.02. The molecule has 1 N–H and O–H groups in total. The van der Waals surface area contributed by atoms with E-state index in [1.165, 1.54) is 0 Å². The lowest BCUT2D eigenvalue weighted by Crippen LogP contribution is -2.61. The zero-order valence-corrected chi connectivity index (χ0v) is 10.7. The molecule has 3 nitrogen and oxygen atoms in total. The van der Waals surface area contributed by atoms with Crippen LogP contribution in [-0.4, -0.2) is 28.5 Å². The highest BCUT2D eigenvalue weighted by atomic mass is 28.4. The minimum Gasteiger partial charge on any atom is -0.386 e. The van der Waals surface area contributed by atoms with Crippen molar-refractivity contribution in [2.24, 2.45) is 0 Å². The van der Waals surface area contributed by atoms with Gasteiger partial charge in [-0.05, 0) is 20.8 Å². The van der Waals surface area contributed by atoms with E-state index in [-0.39, 0.29) is 5.54 Å². The third-order valence-corrected chi connectivity index (χ3v) is 5.41. The van der Waals surface area contributed by atoms with E-state index in [0.717, 1.165) is 12.5 Å². The summed E-state index contributed by atoms with van der Waals surface area (Å²) < 4.78 is 11.0. The van der Waals surface area contributed by atoms with Gasteiger partial charge in [0.25, 0.3) is 0 Å². The van der Waals surface area contributed by atoms with Crippen LogP contribution in [0.1, 0.15) is 34.1 Å². The van der Waals surface area contributed by atoms with Gasteiger partial charge in [0.1, 0.15) is 0 Å². The second-order valence-electron chi connectivity index (χ2n) is 4.29. The Balaban J connectivity index is 4.38. The third-order valence-electron chi connectivity index (χ3n) is 1.80. The van der Waals surface area contributed by atoms with Crippen molar-refractivity contribution < 1.29 is 8.85 Å². The Kier molecular flexibility index (Phi) is 5.13. The molecular weight excluding hydrogens is 182 g/mol. The van der Waals surface area contributed by atoms with Crippen molar-refractivity contribution in [2.75, 3.05) is 14.2 Å². The van der Waals surface area contributed by atoms with Crippen LogP contribution in [0, 0.1) is 0 Å². The van der Waals surface area contributed by atoms with E-state index in [0.29, 0.717) is 0 Å². The smallest absolute Gasteiger partial charge is 0.386 e. The Bertz CT molecular complexity index is 141. The molecule has 0 aliphatic carbocycles. The first-order chi connectivity index (χ1) is 5.89. The normalized spacial score (nSPS) is 13.4. The van der Waals surface area contributed by atoms with Gasteiger partial charge >= 0.3 is 8.72 Å². The summed E-state index contributed by atoms with van der Waals surface area (Å²) >= 11 is 0. The average Bonchev–Trinajstić information content (AvgIpc) is 2.01. The summed E-state index contributed by atoms with van der Waals surface area (Å²) in [6.07, 6.45) is 1.08. The molecule has 0 aromatic carbocycles. The lowest BCUT2D eigenvalue weighted by Gasteiger charge is -2.34. The van der Waals surface area contributed by atoms with Crippen molar-refractivity contribution in [3.8, 4) is 0 Å². The first-order valence-electron chi connectivity index (χ1n) is 4.79. The second kappa shape index (κ2) is 5.10. The average molecular weight is 205 g/mol. The molecule has 0 saturated heterocycles. The quantitative estimate of drug-likeness (QED) is 0.697. The molecule has 0 spiro atoms. The van der Waals surface area contributed by atoms with E-state index >= 15 is 0 Å². The summed E-state index contributed by atoms with van der Waals surface area (Å²) in [7, 11) is 1.32. The number of hydrogen-bond donors (Lipinski definition) is 1. The van der Waals surface area contributed by atoms with Gasteiger partial charge in [0.2, 0.25) is 0 Å². The summed E-state index contributed by atoms with van der Waals surface area (Å²) in [4.78, 5) is 3.46. The van der Waals surface area contributed by atoms with Crippen LogP contribution in [0.5, 0.6) is 0 Å². The molecule has 0 amide bonds. The predicted molar refractivity (Wildman–Crippen MR) is 57.8 cm³/mol. The largest absolute Gasteiger partial charge is 0.424 e. The topological polar surface area (TPSA) is 30.5 Å². The molecule has 0 unspecified atom stereocenters. The second-order valence-corrected chi connectivity index (χ2v) is 7.36. The third kappa shape index (κ3) is 4.76. The zero-order valence-electron chi connectivity index (χ0n) is 9.73. The van der Waals surface area contributed by atoms with Crippen LogP contribution in [0.4, 0.5) is 0 Å². The summed E-state index contributed by atoms with van der Waals surface area (Å²) in [5.74, 6) is 0. The molecule has 0 fully saturated rings. The van der Waals surface area contributed by atoms with Gasteiger partial charge in [-0.2, -0.15) is 0 Å². The molecule has 0 aliphatic rings. The van der Waals surface area contributed by atoms with Crippen LogP contribution in [0.3, 0.4) is 0 Å². The highest BCUT2D eigenvalue weighted by Crippen LogP contribution is 2.15. The fraction of sp³-hybridized carbons (Fsp3) is 1.00. The molecule has 13 heavy (non-hydrogen) atoms. The van der Waals surface area contributed by atoms with Crippen LogP contribution in [-0.2, 0) is 8.85 Å². The van der Waals surface area contributed by atoms with Crippen LogP contribution < -0.4 is 4.98 Å². The van der Waals surface area contributed by atoms with Crippen LogP contribution in [0.2, 0.25) is 6.04 Å². The highest BCUT2D eigenvalue weighted by molar-refractivity contribution is 6.64. The Morgan fingerprint density at radius 3 is 1.85 bits per heavy atom. The lowest BCUT2D eigenvalue weighted by atomic mass is 10.1. The minimum absolute atomic E-state index is 0.0490. The van der Waals surface area contributed by atoms with Gasteiger partial charge in [0.05, 0.1) is 0 Å². The molecule has 0 radical (unpaired) electrons. The van der Waals surface area contributed by atoms with E-state index in [1.54, 1.807) is 14.2 Å². The fourth-order valence-electron chi connectivity index (χ4n) is 1.35. The van der Waals surface area contributed by atoms with Crippen molar-refractivity contribution in [3.63, 3.8) is 0 Å².